The van der Waals surface area contributed by atoms with E-state index < -0.39 is 0 Å². The first kappa shape index (κ1) is 21.6. The summed E-state index contributed by atoms with van der Waals surface area (Å²) in [7, 11) is 0. The fourth-order valence-corrected chi connectivity index (χ4v) is 4.79. The zero-order chi connectivity index (χ0) is 15.8. The van der Waals surface area contributed by atoms with Gasteiger partial charge in [-0.15, -0.1) is 0 Å². The van der Waals surface area contributed by atoms with Gasteiger partial charge in [0, 0.05) is 19.5 Å². The van der Waals surface area contributed by atoms with Gasteiger partial charge >= 0.3 is 0 Å². The summed E-state index contributed by atoms with van der Waals surface area (Å²) >= 11 is 0. The molecule has 0 amide bonds. The minimum atomic E-state index is 0. The van der Waals surface area contributed by atoms with E-state index in [0.717, 1.165) is 59.2 Å². The van der Waals surface area contributed by atoms with Crippen molar-refractivity contribution in [1.29, 1.82) is 0 Å². The first-order valence-corrected chi connectivity index (χ1v) is 9.11. The molecule has 0 aromatic rings. The van der Waals surface area contributed by atoms with Crippen LogP contribution in [0.15, 0.2) is 0 Å². The Morgan fingerprint density at radius 3 is 0.333 bits per heavy atom. The van der Waals surface area contributed by atoms with Crippen LogP contribution >= 0.6 is 0 Å². The van der Waals surface area contributed by atoms with Gasteiger partial charge in [0.15, 0.2) is 0 Å². The van der Waals surface area contributed by atoms with E-state index in [0.29, 0.717) is 0 Å². The molecule has 2 saturated carbocycles. The van der Waals surface area contributed by atoms with Gasteiger partial charge in [-0.3, -0.25) is 0 Å². The van der Waals surface area contributed by atoms with Gasteiger partial charge < -0.3 is 0 Å². The molecule has 0 bridgehead atoms. The van der Waals surface area contributed by atoms with Crippen LogP contribution in [-0.4, -0.2) is 0 Å². The molecule has 0 N–H and O–H groups in total. The van der Waals surface area contributed by atoms with E-state index in [9.17, 15) is 0 Å². The summed E-state index contributed by atoms with van der Waals surface area (Å²) in [5.41, 5.74) is 0. The van der Waals surface area contributed by atoms with E-state index in [1.807, 2.05) is 0 Å². The Kier molecular flexibility index (Phi) is 8.72. The van der Waals surface area contributed by atoms with Gasteiger partial charge in [-0.1, -0.05) is 69.2 Å². The van der Waals surface area contributed by atoms with E-state index in [1.54, 1.807) is 0 Å². The van der Waals surface area contributed by atoms with Gasteiger partial charge in [0.25, 0.3) is 0 Å². The first-order chi connectivity index (χ1) is 9.11. The predicted molar refractivity (Wildman–Crippen MR) is 91.6 cm³/mol. The fourth-order valence-electron chi connectivity index (χ4n) is 4.79. The molecule has 0 unspecified atom stereocenters. The standard InChI is InChI=1S/2C10H20.Ru/c2*1-6-7(2)9(4)10(5)8(6)3;/h2*6-10H,1-5H3;. The third kappa shape index (κ3) is 4.33. The van der Waals surface area contributed by atoms with Crippen LogP contribution in [0.3, 0.4) is 0 Å². The molecule has 2 rings (SSSR count). The van der Waals surface area contributed by atoms with Crippen molar-refractivity contribution in [3.8, 4) is 0 Å². The van der Waals surface area contributed by atoms with Crippen LogP contribution in [0.5, 0.6) is 0 Å². The quantitative estimate of drug-likeness (QED) is 0.428. The first-order valence-electron chi connectivity index (χ1n) is 9.11. The maximum Gasteiger partial charge on any atom is 0 e. The Morgan fingerprint density at radius 2 is 0.286 bits per heavy atom. The minimum absolute atomic E-state index is 0. The molecule has 0 spiro atoms. The molecular weight excluding hydrogens is 341 g/mol. The fraction of sp³-hybridized carbons (Fsp3) is 1.00. The Morgan fingerprint density at radius 1 is 0.238 bits per heavy atom. The Bertz CT molecular complexity index is 181. The van der Waals surface area contributed by atoms with Crippen molar-refractivity contribution >= 4 is 0 Å². The Hall–Kier alpha value is 0.623. The molecule has 0 nitrogen and oxygen atoms in total. The largest absolute Gasteiger partial charge is 0.0620 e. The van der Waals surface area contributed by atoms with Crippen LogP contribution in [0.4, 0.5) is 0 Å². The van der Waals surface area contributed by atoms with Gasteiger partial charge in [-0.05, 0) is 59.2 Å². The van der Waals surface area contributed by atoms with E-state index >= 15 is 0 Å². The normalized spacial score (nSPS) is 52.9. The minimum Gasteiger partial charge on any atom is -0.0620 e. The average molecular weight is 382 g/mol. The molecule has 128 valence electrons. The van der Waals surface area contributed by atoms with Crippen molar-refractivity contribution in [2.24, 2.45) is 59.2 Å². The van der Waals surface area contributed by atoms with Crippen LogP contribution in [0.25, 0.3) is 0 Å². The number of hydrogen-bond acceptors (Lipinski definition) is 0. The van der Waals surface area contributed by atoms with E-state index in [-0.39, 0.29) is 19.5 Å². The van der Waals surface area contributed by atoms with Crippen molar-refractivity contribution in [2.75, 3.05) is 0 Å². The second-order valence-corrected chi connectivity index (χ2v) is 8.59. The van der Waals surface area contributed by atoms with Gasteiger partial charge in [-0.2, -0.15) is 0 Å². The second kappa shape index (κ2) is 8.47. The molecule has 0 heterocycles. The van der Waals surface area contributed by atoms with Crippen molar-refractivity contribution in [3.05, 3.63) is 0 Å². The zero-order valence-corrected chi connectivity index (χ0v) is 17.9. The molecule has 2 aliphatic carbocycles. The second-order valence-electron chi connectivity index (χ2n) is 8.59. The maximum absolute atomic E-state index is 2.40. The number of hydrogen-bond donors (Lipinski definition) is 0. The van der Waals surface area contributed by atoms with Crippen molar-refractivity contribution in [1.82, 2.24) is 0 Å². The summed E-state index contributed by atoms with van der Waals surface area (Å²) in [5.74, 6) is 9.35. The molecule has 0 aliphatic heterocycles. The summed E-state index contributed by atoms with van der Waals surface area (Å²) < 4.78 is 0. The molecule has 0 aromatic heterocycles. The molecule has 0 atom stereocenters. The molecule has 0 saturated heterocycles. The van der Waals surface area contributed by atoms with Gasteiger partial charge in [-0.25, -0.2) is 0 Å². The van der Waals surface area contributed by atoms with E-state index in [4.69, 9.17) is 0 Å². The van der Waals surface area contributed by atoms with E-state index in [1.165, 1.54) is 0 Å². The molecule has 21 heavy (non-hydrogen) atoms. The molecule has 0 aromatic carbocycles. The Labute approximate surface area is 148 Å². The molecule has 2 aliphatic rings. The monoisotopic (exact) mass is 382 g/mol. The maximum atomic E-state index is 2.40. The molecule has 1 heteroatoms. The van der Waals surface area contributed by atoms with Crippen LogP contribution in [0.1, 0.15) is 69.2 Å². The smallest absolute Gasteiger partial charge is 0 e. The zero-order valence-electron chi connectivity index (χ0n) is 16.1. The molecular formula is C20H40Ru. The predicted octanol–water partition coefficient (Wildman–Crippen LogP) is 6.36. The SMILES string of the molecule is CC1C(C)C(C)C(C)C1C.CC1C(C)C(C)C(C)C1C.[Ru]. The van der Waals surface area contributed by atoms with Crippen LogP contribution < -0.4 is 0 Å². The summed E-state index contributed by atoms with van der Waals surface area (Å²) in [6.07, 6.45) is 0. The topological polar surface area (TPSA) is 0 Å². The van der Waals surface area contributed by atoms with Crippen molar-refractivity contribution in [3.63, 3.8) is 0 Å². The van der Waals surface area contributed by atoms with Crippen LogP contribution in [0.2, 0.25) is 0 Å². The van der Waals surface area contributed by atoms with Gasteiger partial charge in [0.2, 0.25) is 0 Å². The summed E-state index contributed by atoms with van der Waals surface area (Å²) in [5, 5.41) is 0. The average Bonchev–Trinajstić information content (AvgIpc) is 2.71. The van der Waals surface area contributed by atoms with E-state index in [2.05, 4.69) is 69.2 Å². The van der Waals surface area contributed by atoms with Crippen LogP contribution in [-0.2, 0) is 19.5 Å². The third-order valence-electron chi connectivity index (χ3n) is 8.29. The molecule has 2 fully saturated rings. The van der Waals surface area contributed by atoms with Crippen molar-refractivity contribution in [2.45, 2.75) is 69.2 Å². The van der Waals surface area contributed by atoms with Crippen molar-refractivity contribution < 1.29 is 19.5 Å². The van der Waals surface area contributed by atoms with Gasteiger partial charge in [0.05, 0.1) is 0 Å². The summed E-state index contributed by atoms with van der Waals surface area (Å²) in [4.78, 5) is 0. The number of rotatable bonds is 0. The van der Waals surface area contributed by atoms with Gasteiger partial charge in [0.1, 0.15) is 0 Å². The van der Waals surface area contributed by atoms with Crippen LogP contribution in [0, 0.1) is 59.2 Å². The third-order valence-corrected chi connectivity index (χ3v) is 8.29. The summed E-state index contributed by atoms with van der Waals surface area (Å²) in [6.45, 7) is 24.0. The Balaban J connectivity index is 0.000000364. The molecule has 0 radical (unpaired) electrons. The summed E-state index contributed by atoms with van der Waals surface area (Å²) in [6, 6.07) is 0.